The monoisotopic (exact) mass is 157 g/mol. The molecular formula is C9H7N3. The van der Waals surface area contributed by atoms with Gasteiger partial charge in [0.15, 0.2) is 0 Å². The van der Waals surface area contributed by atoms with Gasteiger partial charge in [-0.05, 0) is 12.1 Å². The molecule has 0 aliphatic carbocycles. The molecule has 1 N–H and O–H groups in total. The van der Waals surface area contributed by atoms with Crippen molar-refractivity contribution < 1.29 is 0 Å². The third kappa shape index (κ3) is 0.955. The summed E-state index contributed by atoms with van der Waals surface area (Å²) in [6.45, 7) is 0. The highest BCUT2D eigenvalue weighted by Gasteiger charge is 1.97. The molecule has 0 amide bonds. The van der Waals surface area contributed by atoms with Gasteiger partial charge in [0.25, 0.3) is 0 Å². The molecule has 1 aromatic heterocycles. The first-order valence-corrected chi connectivity index (χ1v) is 3.63. The second kappa shape index (κ2) is 2.70. The molecule has 58 valence electrons. The Balaban J connectivity index is 2.88. The van der Waals surface area contributed by atoms with Crippen molar-refractivity contribution in [3.05, 3.63) is 36.5 Å². The summed E-state index contributed by atoms with van der Waals surface area (Å²) in [5, 5.41) is 4.33. The van der Waals surface area contributed by atoms with Crippen molar-refractivity contribution >= 4 is 16.6 Å². The molecule has 0 spiro atoms. The molecule has 0 saturated heterocycles. The van der Waals surface area contributed by atoms with E-state index in [0.29, 0.717) is 5.69 Å². The van der Waals surface area contributed by atoms with Crippen LogP contribution in [-0.4, -0.2) is 4.98 Å². The van der Waals surface area contributed by atoms with Gasteiger partial charge in [-0.1, -0.05) is 18.2 Å². The van der Waals surface area contributed by atoms with E-state index >= 15 is 0 Å². The van der Waals surface area contributed by atoms with E-state index in [1.165, 1.54) is 0 Å². The summed E-state index contributed by atoms with van der Waals surface area (Å²) in [7, 11) is 0. The van der Waals surface area contributed by atoms with E-state index in [4.69, 9.17) is 5.53 Å². The first-order valence-electron chi connectivity index (χ1n) is 3.63. The van der Waals surface area contributed by atoms with Gasteiger partial charge in [0.2, 0.25) is 0 Å². The SMILES string of the molecule is N=Nc1ccnc2ccccc12. The minimum absolute atomic E-state index is 0.667. The van der Waals surface area contributed by atoms with Gasteiger partial charge in [-0.15, -0.1) is 0 Å². The van der Waals surface area contributed by atoms with Gasteiger partial charge in [-0.3, -0.25) is 4.98 Å². The third-order valence-corrected chi connectivity index (χ3v) is 1.75. The summed E-state index contributed by atoms with van der Waals surface area (Å²) in [4.78, 5) is 4.15. The van der Waals surface area contributed by atoms with Gasteiger partial charge in [-0.25, -0.2) is 5.53 Å². The second-order valence-electron chi connectivity index (χ2n) is 2.46. The van der Waals surface area contributed by atoms with Crippen LogP contribution in [0.15, 0.2) is 41.6 Å². The number of aromatic nitrogens is 1. The smallest absolute Gasteiger partial charge is 0.0959 e. The Morgan fingerprint density at radius 3 is 2.83 bits per heavy atom. The lowest BCUT2D eigenvalue weighted by molar-refractivity contribution is 1.15. The summed E-state index contributed by atoms with van der Waals surface area (Å²) >= 11 is 0. The normalized spacial score (nSPS) is 10.0. The Kier molecular flexibility index (Phi) is 1.55. The van der Waals surface area contributed by atoms with Crippen LogP contribution in [0.4, 0.5) is 5.69 Å². The fraction of sp³-hybridized carbons (Fsp3) is 0. The highest BCUT2D eigenvalue weighted by molar-refractivity contribution is 5.88. The first-order chi connectivity index (χ1) is 5.92. The number of benzene rings is 1. The summed E-state index contributed by atoms with van der Waals surface area (Å²) in [6.07, 6.45) is 1.66. The van der Waals surface area contributed by atoms with Crippen LogP contribution in [0, 0.1) is 5.53 Å². The zero-order valence-electron chi connectivity index (χ0n) is 6.36. The van der Waals surface area contributed by atoms with E-state index < -0.39 is 0 Å². The Morgan fingerprint density at radius 2 is 2.00 bits per heavy atom. The molecule has 0 saturated carbocycles. The number of hydrogen-bond acceptors (Lipinski definition) is 3. The zero-order chi connectivity index (χ0) is 8.39. The highest BCUT2D eigenvalue weighted by atomic mass is 15.0. The molecule has 0 fully saturated rings. The van der Waals surface area contributed by atoms with E-state index in [2.05, 4.69) is 10.1 Å². The summed E-state index contributed by atoms with van der Waals surface area (Å²) < 4.78 is 0. The Bertz CT molecular complexity index is 418. The fourth-order valence-electron chi connectivity index (χ4n) is 1.18. The molecule has 0 unspecified atom stereocenters. The summed E-state index contributed by atoms with van der Waals surface area (Å²) in [5.41, 5.74) is 8.47. The molecule has 2 aromatic rings. The van der Waals surface area contributed by atoms with E-state index in [1.54, 1.807) is 12.3 Å². The molecule has 0 atom stereocenters. The van der Waals surface area contributed by atoms with Gasteiger partial charge < -0.3 is 0 Å². The number of nitrogens with one attached hydrogen (secondary N) is 1. The van der Waals surface area contributed by atoms with E-state index in [-0.39, 0.29) is 0 Å². The molecular weight excluding hydrogens is 150 g/mol. The van der Waals surface area contributed by atoms with Crippen LogP contribution in [0.1, 0.15) is 0 Å². The van der Waals surface area contributed by atoms with Gasteiger partial charge in [0, 0.05) is 11.6 Å². The predicted octanol–water partition coefficient (Wildman–Crippen LogP) is 2.90. The molecule has 0 bridgehead atoms. The second-order valence-corrected chi connectivity index (χ2v) is 2.46. The molecule has 0 radical (unpaired) electrons. The maximum atomic E-state index is 6.92. The van der Waals surface area contributed by atoms with Crippen LogP contribution in [0.3, 0.4) is 0 Å². The predicted molar refractivity (Wildman–Crippen MR) is 46.6 cm³/mol. The highest BCUT2D eigenvalue weighted by Crippen LogP contribution is 2.22. The number of nitrogens with zero attached hydrogens (tertiary/aromatic N) is 2. The lowest BCUT2D eigenvalue weighted by atomic mass is 10.2. The van der Waals surface area contributed by atoms with Crippen molar-refractivity contribution in [3.8, 4) is 0 Å². The van der Waals surface area contributed by atoms with Gasteiger partial charge in [0.1, 0.15) is 0 Å². The van der Waals surface area contributed by atoms with Crippen molar-refractivity contribution in [1.82, 2.24) is 4.98 Å². The van der Waals surface area contributed by atoms with Gasteiger partial charge >= 0.3 is 0 Å². The number of para-hydroxylation sites is 1. The minimum atomic E-state index is 0.667. The third-order valence-electron chi connectivity index (χ3n) is 1.75. The molecule has 3 heteroatoms. The van der Waals surface area contributed by atoms with Gasteiger partial charge in [0.05, 0.1) is 11.2 Å². The average molecular weight is 157 g/mol. The Hall–Kier alpha value is -1.77. The summed E-state index contributed by atoms with van der Waals surface area (Å²) in [6, 6.07) is 9.39. The topological polar surface area (TPSA) is 49.1 Å². The van der Waals surface area contributed by atoms with Crippen LogP contribution < -0.4 is 0 Å². The average Bonchev–Trinajstić information content (AvgIpc) is 2.17. The van der Waals surface area contributed by atoms with Crippen molar-refractivity contribution in [2.45, 2.75) is 0 Å². The van der Waals surface area contributed by atoms with E-state index in [1.807, 2.05) is 24.3 Å². The molecule has 3 nitrogen and oxygen atoms in total. The lowest BCUT2D eigenvalue weighted by Gasteiger charge is -1.97. The van der Waals surface area contributed by atoms with Crippen molar-refractivity contribution in [2.75, 3.05) is 0 Å². The standard InChI is InChI=1S/C9H7N3/c10-12-9-5-6-11-8-4-2-1-3-7(8)9/h1-6,10H. The van der Waals surface area contributed by atoms with Crippen molar-refractivity contribution in [3.63, 3.8) is 0 Å². The molecule has 2 rings (SSSR count). The number of hydrogen-bond donors (Lipinski definition) is 1. The van der Waals surface area contributed by atoms with Crippen molar-refractivity contribution in [1.29, 1.82) is 5.53 Å². The first kappa shape index (κ1) is 6.91. The summed E-state index contributed by atoms with van der Waals surface area (Å²) in [5.74, 6) is 0. The Morgan fingerprint density at radius 1 is 1.17 bits per heavy atom. The minimum Gasteiger partial charge on any atom is -0.256 e. The van der Waals surface area contributed by atoms with Crippen LogP contribution in [0.5, 0.6) is 0 Å². The molecule has 0 aliphatic rings. The van der Waals surface area contributed by atoms with Crippen LogP contribution in [0.2, 0.25) is 0 Å². The largest absolute Gasteiger partial charge is 0.256 e. The van der Waals surface area contributed by atoms with Gasteiger partial charge in [-0.2, -0.15) is 5.11 Å². The number of rotatable bonds is 1. The van der Waals surface area contributed by atoms with Crippen LogP contribution in [-0.2, 0) is 0 Å². The molecule has 1 heterocycles. The van der Waals surface area contributed by atoms with Crippen molar-refractivity contribution in [2.24, 2.45) is 5.11 Å². The molecule has 0 aliphatic heterocycles. The lowest BCUT2D eigenvalue weighted by Crippen LogP contribution is -1.76. The maximum absolute atomic E-state index is 6.92. The van der Waals surface area contributed by atoms with Crippen LogP contribution in [0.25, 0.3) is 10.9 Å². The van der Waals surface area contributed by atoms with E-state index in [9.17, 15) is 0 Å². The zero-order valence-corrected chi connectivity index (χ0v) is 6.36. The Labute approximate surface area is 69.6 Å². The van der Waals surface area contributed by atoms with E-state index in [0.717, 1.165) is 10.9 Å². The quantitative estimate of drug-likeness (QED) is 0.635. The molecule has 1 aromatic carbocycles. The van der Waals surface area contributed by atoms with Crippen LogP contribution >= 0.6 is 0 Å². The maximum Gasteiger partial charge on any atom is 0.0959 e. The molecule has 12 heavy (non-hydrogen) atoms. The number of fused-ring (bicyclic) bond motifs is 1. The fourth-order valence-corrected chi connectivity index (χ4v) is 1.18. The number of pyridine rings is 1.